The maximum absolute atomic E-state index is 13.1. The summed E-state index contributed by atoms with van der Waals surface area (Å²) in [4.78, 5) is 49.4. The van der Waals surface area contributed by atoms with E-state index < -0.39 is 34.0 Å². The highest BCUT2D eigenvalue weighted by molar-refractivity contribution is 6.32. The van der Waals surface area contributed by atoms with Crippen LogP contribution in [0.4, 0.5) is 11.4 Å². The standard InChI is InChI=1S/C23H24ClN5O5/c1-13(2)19(25-21(30)15-10-11-17(24)18(12-15)29(33)34)22(31)26-20-14(3)27(4)28(23(20)32)16-8-6-5-7-9-16/h5-13,19H,1-4H3,(H,25,30)(H,26,31)/t19-/m0/s1. The van der Waals surface area contributed by atoms with E-state index in [0.717, 1.165) is 6.07 Å². The summed E-state index contributed by atoms with van der Waals surface area (Å²) in [6.07, 6.45) is 0. The van der Waals surface area contributed by atoms with E-state index in [1.807, 2.05) is 6.07 Å². The van der Waals surface area contributed by atoms with E-state index >= 15 is 0 Å². The predicted octanol–water partition coefficient (Wildman–Crippen LogP) is 3.44. The molecule has 0 unspecified atom stereocenters. The molecule has 3 rings (SSSR count). The number of halogens is 1. The lowest BCUT2D eigenvalue weighted by atomic mass is 10.0. The van der Waals surface area contributed by atoms with Crippen LogP contribution in [0.1, 0.15) is 29.9 Å². The van der Waals surface area contributed by atoms with Crippen LogP contribution in [0.3, 0.4) is 0 Å². The summed E-state index contributed by atoms with van der Waals surface area (Å²) < 4.78 is 3.06. The SMILES string of the molecule is Cc1c(NC(=O)[C@@H](NC(=O)c2ccc(Cl)c([N+](=O)[O-])c2)C(C)C)c(=O)n(-c2ccccc2)n1C. The van der Waals surface area contributed by atoms with E-state index in [-0.39, 0.29) is 22.2 Å². The predicted molar refractivity (Wildman–Crippen MR) is 129 cm³/mol. The minimum atomic E-state index is -1.01. The lowest BCUT2D eigenvalue weighted by Gasteiger charge is -2.21. The zero-order valence-corrected chi connectivity index (χ0v) is 19.8. The molecule has 2 amide bonds. The van der Waals surface area contributed by atoms with E-state index in [0.29, 0.717) is 11.4 Å². The van der Waals surface area contributed by atoms with Gasteiger partial charge in [0, 0.05) is 18.7 Å². The Bertz CT molecular complexity index is 1310. The van der Waals surface area contributed by atoms with Gasteiger partial charge in [-0.15, -0.1) is 0 Å². The highest BCUT2D eigenvalue weighted by Gasteiger charge is 2.28. The van der Waals surface area contributed by atoms with Crippen molar-refractivity contribution < 1.29 is 14.5 Å². The fourth-order valence-electron chi connectivity index (χ4n) is 3.47. The summed E-state index contributed by atoms with van der Waals surface area (Å²) in [6.45, 7) is 5.16. The molecular weight excluding hydrogens is 462 g/mol. The van der Waals surface area contributed by atoms with Crippen molar-refractivity contribution in [3.8, 4) is 5.69 Å². The van der Waals surface area contributed by atoms with Crippen LogP contribution < -0.4 is 16.2 Å². The zero-order valence-electron chi connectivity index (χ0n) is 19.0. The van der Waals surface area contributed by atoms with Gasteiger partial charge in [0.15, 0.2) is 0 Å². The molecule has 2 aromatic carbocycles. The van der Waals surface area contributed by atoms with Crippen molar-refractivity contribution in [1.82, 2.24) is 14.7 Å². The van der Waals surface area contributed by atoms with Crippen molar-refractivity contribution in [3.63, 3.8) is 0 Å². The van der Waals surface area contributed by atoms with Crippen molar-refractivity contribution >= 4 is 34.8 Å². The molecule has 0 radical (unpaired) electrons. The van der Waals surface area contributed by atoms with Crippen LogP contribution in [-0.2, 0) is 11.8 Å². The second-order valence-corrected chi connectivity index (χ2v) is 8.45. The average molecular weight is 486 g/mol. The maximum atomic E-state index is 13.1. The first kappa shape index (κ1) is 24.7. The van der Waals surface area contributed by atoms with Crippen LogP contribution in [0.2, 0.25) is 5.02 Å². The molecule has 0 bridgehead atoms. The third kappa shape index (κ3) is 4.86. The molecule has 10 nitrogen and oxygen atoms in total. The number of amides is 2. The Balaban J connectivity index is 1.87. The van der Waals surface area contributed by atoms with Crippen molar-refractivity contribution in [2.45, 2.75) is 26.8 Å². The molecule has 11 heteroatoms. The summed E-state index contributed by atoms with van der Waals surface area (Å²) >= 11 is 5.81. The molecule has 0 aliphatic carbocycles. The molecule has 1 atom stereocenters. The van der Waals surface area contributed by atoms with Gasteiger partial charge in [0.1, 0.15) is 16.8 Å². The van der Waals surface area contributed by atoms with Gasteiger partial charge in [-0.3, -0.25) is 29.2 Å². The first-order chi connectivity index (χ1) is 16.0. The average Bonchev–Trinajstić information content (AvgIpc) is 3.00. The molecule has 0 saturated carbocycles. The number of nitrogens with zero attached hydrogens (tertiary/aromatic N) is 3. The van der Waals surface area contributed by atoms with Gasteiger partial charge < -0.3 is 10.6 Å². The number of carbonyl (C=O) groups excluding carboxylic acids is 2. The molecule has 2 N–H and O–H groups in total. The van der Waals surface area contributed by atoms with Crippen molar-refractivity contribution in [2.24, 2.45) is 13.0 Å². The second kappa shape index (κ2) is 9.92. The topological polar surface area (TPSA) is 128 Å². The molecule has 3 aromatic rings. The number of para-hydroxylation sites is 1. The molecule has 0 saturated heterocycles. The first-order valence-corrected chi connectivity index (χ1v) is 10.8. The van der Waals surface area contributed by atoms with Gasteiger partial charge in [-0.25, -0.2) is 4.68 Å². The highest BCUT2D eigenvalue weighted by atomic mass is 35.5. The fraction of sp³-hybridized carbons (Fsp3) is 0.261. The zero-order chi connectivity index (χ0) is 25.2. The second-order valence-electron chi connectivity index (χ2n) is 8.04. The van der Waals surface area contributed by atoms with Crippen LogP contribution in [-0.4, -0.2) is 32.1 Å². The minimum absolute atomic E-state index is 0.0168. The molecule has 0 fully saturated rings. The minimum Gasteiger partial charge on any atom is -0.340 e. The molecule has 1 aromatic heterocycles. The Morgan fingerprint density at radius 2 is 1.76 bits per heavy atom. The van der Waals surface area contributed by atoms with E-state index in [9.17, 15) is 24.5 Å². The van der Waals surface area contributed by atoms with Crippen LogP contribution in [0.15, 0.2) is 53.3 Å². The monoisotopic (exact) mass is 485 g/mol. The molecule has 178 valence electrons. The number of benzene rings is 2. The summed E-state index contributed by atoms with van der Waals surface area (Å²) in [5.41, 5.74) is 0.416. The van der Waals surface area contributed by atoms with E-state index in [1.165, 1.54) is 16.8 Å². The van der Waals surface area contributed by atoms with Crippen LogP contribution in [0.5, 0.6) is 0 Å². The third-order valence-electron chi connectivity index (χ3n) is 5.44. The Morgan fingerprint density at radius 1 is 1.12 bits per heavy atom. The van der Waals surface area contributed by atoms with Gasteiger partial charge in [-0.05, 0) is 37.1 Å². The van der Waals surface area contributed by atoms with Gasteiger partial charge in [-0.1, -0.05) is 43.6 Å². The van der Waals surface area contributed by atoms with Crippen molar-refractivity contribution in [3.05, 3.63) is 85.3 Å². The summed E-state index contributed by atoms with van der Waals surface area (Å²) in [6, 6.07) is 11.6. The van der Waals surface area contributed by atoms with Crippen molar-refractivity contribution in [1.29, 1.82) is 0 Å². The number of hydrogen-bond acceptors (Lipinski definition) is 5. The summed E-state index contributed by atoms with van der Waals surface area (Å²) in [7, 11) is 1.70. The number of aromatic nitrogens is 2. The Morgan fingerprint density at radius 3 is 2.35 bits per heavy atom. The van der Waals surface area contributed by atoms with E-state index in [1.54, 1.807) is 56.8 Å². The quantitative estimate of drug-likeness (QED) is 0.391. The molecular formula is C23H24ClN5O5. The number of nitro benzene ring substituents is 1. The van der Waals surface area contributed by atoms with Crippen molar-refractivity contribution in [2.75, 3.05) is 5.32 Å². The van der Waals surface area contributed by atoms with Gasteiger partial charge in [-0.2, -0.15) is 0 Å². The molecule has 0 spiro atoms. The lowest BCUT2D eigenvalue weighted by molar-refractivity contribution is -0.384. The van der Waals surface area contributed by atoms with Gasteiger partial charge in [0.05, 0.1) is 16.3 Å². The van der Waals surface area contributed by atoms with Gasteiger partial charge in [0.2, 0.25) is 5.91 Å². The summed E-state index contributed by atoms with van der Waals surface area (Å²) in [5.74, 6) is -1.61. The highest BCUT2D eigenvalue weighted by Crippen LogP contribution is 2.25. The number of nitrogens with one attached hydrogen (secondary N) is 2. The number of carbonyl (C=O) groups is 2. The molecule has 1 heterocycles. The number of hydrogen-bond donors (Lipinski definition) is 2. The van der Waals surface area contributed by atoms with Gasteiger partial charge >= 0.3 is 0 Å². The Kier molecular flexibility index (Phi) is 7.21. The first-order valence-electron chi connectivity index (χ1n) is 10.4. The van der Waals surface area contributed by atoms with Gasteiger partial charge in [0.25, 0.3) is 17.2 Å². The van der Waals surface area contributed by atoms with Crippen LogP contribution in [0.25, 0.3) is 5.69 Å². The smallest absolute Gasteiger partial charge is 0.295 e. The maximum Gasteiger partial charge on any atom is 0.295 e. The lowest BCUT2D eigenvalue weighted by Crippen LogP contribution is -2.47. The Labute approximate surface area is 200 Å². The summed E-state index contributed by atoms with van der Waals surface area (Å²) in [5, 5.41) is 16.3. The van der Waals surface area contributed by atoms with Crippen LogP contribution in [0, 0.1) is 23.0 Å². The van der Waals surface area contributed by atoms with E-state index in [4.69, 9.17) is 11.6 Å². The molecule has 34 heavy (non-hydrogen) atoms. The largest absolute Gasteiger partial charge is 0.340 e. The number of rotatable bonds is 7. The fourth-order valence-corrected chi connectivity index (χ4v) is 3.65. The van der Waals surface area contributed by atoms with E-state index in [2.05, 4.69) is 10.6 Å². The Hall–Kier alpha value is -3.92. The third-order valence-corrected chi connectivity index (χ3v) is 5.76. The van der Waals surface area contributed by atoms with Crippen LogP contribution >= 0.6 is 11.6 Å². The number of nitro groups is 1. The molecule has 0 aliphatic heterocycles. The normalized spacial score (nSPS) is 11.8. The number of anilines is 1. The molecule has 0 aliphatic rings.